The van der Waals surface area contributed by atoms with Crippen LogP contribution in [0, 0.1) is 0 Å². The fourth-order valence-electron chi connectivity index (χ4n) is 1.57. The molecule has 17 heavy (non-hydrogen) atoms. The number of nitrogens with zero attached hydrogens (tertiary/aromatic N) is 1. The number of aromatic nitrogens is 1. The standard InChI is InChI=1S/C13H12N2O2/c1-9(16)10-4-6-11(7-5-10)15-8-2-3-12(14)13(15)17/h2-8H,14H2,1H3. The SMILES string of the molecule is CC(=O)c1ccc(-n2cccc(N)c2=O)cc1. The summed E-state index contributed by atoms with van der Waals surface area (Å²) in [6.07, 6.45) is 1.64. The van der Waals surface area contributed by atoms with E-state index < -0.39 is 0 Å². The van der Waals surface area contributed by atoms with Crippen LogP contribution in [0.15, 0.2) is 47.4 Å². The lowest BCUT2D eigenvalue weighted by Crippen LogP contribution is -2.20. The Morgan fingerprint density at radius 2 is 1.82 bits per heavy atom. The number of ketones is 1. The van der Waals surface area contributed by atoms with Crippen LogP contribution in [-0.4, -0.2) is 10.4 Å². The highest BCUT2D eigenvalue weighted by atomic mass is 16.1. The van der Waals surface area contributed by atoms with Crippen molar-refractivity contribution in [3.05, 3.63) is 58.5 Å². The zero-order valence-electron chi connectivity index (χ0n) is 9.38. The van der Waals surface area contributed by atoms with Gasteiger partial charge in [0.1, 0.15) is 0 Å². The molecule has 0 amide bonds. The lowest BCUT2D eigenvalue weighted by atomic mass is 10.1. The highest BCUT2D eigenvalue weighted by Crippen LogP contribution is 2.09. The van der Waals surface area contributed by atoms with Crippen molar-refractivity contribution in [2.45, 2.75) is 6.92 Å². The Bertz CT molecular complexity index is 612. The summed E-state index contributed by atoms with van der Waals surface area (Å²) in [5.41, 5.74) is 6.79. The van der Waals surface area contributed by atoms with Gasteiger partial charge in [0.2, 0.25) is 0 Å². The van der Waals surface area contributed by atoms with E-state index in [1.165, 1.54) is 11.5 Å². The maximum atomic E-state index is 11.8. The van der Waals surface area contributed by atoms with Crippen LogP contribution >= 0.6 is 0 Å². The van der Waals surface area contributed by atoms with Gasteiger partial charge in [-0.25, -0.2) is 0 Å². The van der Waals surface area contributed by atoms with Gasteiger partial charge < -0.3 is 5.73 Å². The first-order valence-electron chi connectivity index (χ1n) is 5.18. The van der Waals surface area contributed by atoms with Crippen molar-refractivity contribution in [2.24, 2.45) is 0 Å². The summed E-state index contributed by atoms with van der Waals surface area (Å²) >= 11 is 0. The number of nitrogen functional groups attached to an aromatic ring is 1. The predicted molar refractivity (Wildman–Crippen MR) is 66.5 cm³/mol. The molecule has 1 heterocycles. The van der Waals surface area contributed by atoms with Gasteiger partial charge >= 0.3 is 0 Å². The summed E-state index contributed by atoms with van der Waals surface area (Å²) in [5, 5.41) is 0. The number of hydrogen-bond acceptors (Lipinski definition) is 3. The number of hydrogen-bond donors (Lipinski definition) is 1. The smallest absolute Gasteiger partial charge is 0.278 e. The molecule has 0 saturated carbocycles. The molecule has 0 spiro atoms. The molecule has 1 aromatic carbocycles. The number of pyridine rings is 1. The molecule has 4 heteroatoms. The van der Waals surface area contributed by atoms with Gasteiger partial charge in [-0.05, 0) is 43.3 Å². The van der Waals surface area contributed by atoms with E-state index in [9.17, 15) is 9.59 Å². The van der Waals surface area contributed by atoms with Crippen LogP contribution in [0.1, 0.15) is 17.3 Å². The number of anilines is 1. The summed E-state index contributed by atoms with van der Waals surface area (Å²) in [5.74, 6) is -0.00327. The van der Waals surface area contributed by atoms with Crippen molar-refractivity contribution in [1.82, 2.24) is 4.57 Å². The number of rotatable bonds is 2. The molecule has 0 fully saturated rings. The third-order valence-corrected chi connectivity index (χ3v) is 2.53. The molecule has 0 saturated heterocycles. The number of carbonyl (C=O) groups is 1. The Kier molecular flexibility index (Phi) is 2.78. The number of benzene rings is 1. The molecule has 0 unspecified atom stereocenters. The molecule has 0 aliphatic rings. The molecular formula is C13H12N2O2. The third kappa shape index (κ3) is 2.10. The van der Waals surface area contributed by atoms with Gasteiger partial charge in [-0.15, -0.1) is 0 Å². The van der Waals surface area contributed by atoms with Gasteiger partial charge in [0.05, 0.1) is 5.69 Å². The predicted octanol–water partition coefficient (Wildman–Crippen LogP) is 1.62. The van der Waals surface area contributed by atoms with Crippen molar-refractivity contribution in [3.8, 4) is 5.69 Å². The van der Waals surface area contributed by atoms with E-state index >= 15 is 0 Å². The van der Waals surface area contributed by atoms with Gasteiger partial charge in [0, 0.05) is 17.4 Å². The zero-order valence-corrected chi connectivity index (χ0v) is 9.38. The highest BCUT2D eigenvalue weighted by Gasteiger charge is 2.03. The molecule has 2 rings (SSSR count). The largest absolute Gasteiger partial charge is 0.394 e. The fraction of sp³-hybridized carbons (Fsp3) is 0.0769. The minimum atomic E-state index is -0.261. The van der Waals surface area contributed by atoms with Crippen molar-refractivity contribution >= 4 is 11.5 Å². The average Bonchev–Trinajstić information content (AvgIpc) is 2.33. The first-order chi connectivity index (χ1) is 8.09. The summed E-state index contributed by atoms with van der Waals surface area (Å²) in [6, 6.07) is 10.1. The lowest BCUT2D eigenvalue weighted by molar-refractivity contribution is 0.101. The van der Waals surface area contributed by atoms with Crippen molar-refractivity contribution in [3.63, 3.8) is 0 Å². The van der Waals surface area contributed by atoms with E-state index in [0.29, 0.717) is 11.3 Å². The Morgan fingerprint density at radius 3 is 2.41 bits per heavy atom. The van der Waals surface area contributed by atoms with E-state index in [-0.39, 0.29) is 17.0 Å². The quantitative estimate of drug-likeness (QED) is 0.794. The molecular weight excluding hydrogens is 216 g/mol. The summed E-state index contributed by atoms with van der Waals surface area (Å²) in [4.78, 5) is 22.9. The molecule has 1 aromatic heterocycles. The average molecular weight is 228 g/mol. The third-order valence-electron chi connectivity index (χ3n) is 2.53. The number of Topliss-reactive ketones (excluding diaryl/α,β-unsaturated/α-hetero) is 1. The topological polar surface area (TPSA) is 65.1 Å². The molecule has 2 N–H and O–H groups in total. The van der Waals surface area contributed by atoms with E-state index in [4.69, 9.17) is 5.73 Å². The second kappa shape index (κ2) is 4.25. The maximum Gasteiger partial charge on any atom is 0.278 e. The molecule has 0 atom stereocenters. The molecule has 0 radical (unpaired) electrons. The van der Waals surface area contributed by atoms with Crippen molar-refractivity contribution in [1.29, 1.82) is 0 Å². The van der Waals surface area contributed by atoms with Gasteiger partial charge in [-0.1, -0.05) is 0 Å². The van der Waals surface area contributed by atoms with Crippen LogP contribution in [0.5, 0.6) is 0 Å². The molecule has 4 nitrogen and oxygen atoms in total. The van der Waals surface area contributed by atoms with Crippen molar-refractivity contribution < 1.29 is 4.79 Å². The monoisotopic (exact) mass is 228 g/mol. The Labute approximate surface area is 98.3 Å². The van der Waals surface area contributed by atoms with E-state index in [1.54, 1.807) is 42.6 Å². The number of nitrogens with two attached hydrogens (primary N) is 1. The minimum Gasteiger partial charge on any atom is -0.394 e. The first-order valence-corrected chi connectivity index (χ1v) is 5.18. The van der Waals surface area contributed by atoms with Crippen LogP contribution in [0.3, 0.4) is 0 Å². The van der Waals surface area contributed by atoms with Crippen LogP contribution in [0.25, 0.3) is 5.69 Å². The lowest BCUT2D eigenvalue weighted by Gasteiger charge is -2.06. The second-order valence-corrected chi connectivity index (χ2v) is 3.74. The highest BCUT2D eigenvalue weighted by molar-refractivity contribution is 5.94. The van der Waals surface area contributed by atoms with Gasteiger partial charge in [-0.3, -0.25) is 14.2 Å². The molecule has 86 valence electrons. The number of carbonyl (C=O) groups excluding carboxylic acids is 1. The summed E-state index contributed by atoms with van der Waals surface area (Å²) in [6.45, 7) is 1.50. The van der Waals surface area contributed by atoms with E-state index in [1.807, 2.05) is 0 Å². The van der Waals surface area contributed by atoms with Crippen LogP contribution in [0.4, 0.5) is 5.69 Å². The van der Waals surface area contributed by atoms with Crippen molar-refractivity contribution in [2.75, 3.05) is 5.73 Å². The first kappa shape index (κ1) is 11.1. The van der Waals surface area contributed by atoms with Crippen LogP contribution < -0.4 is 11.3 Å². The van der Waals surface area contributed by atoms with Gasteiger partial charge in [0.25, 0.3) is 5.56 Å². The Hall–Kier alpha value is -2.36. The van der Waals surface area contributed by atoms with Crippen LogP contribution in [-0.2, 0) is 0 Å². The molecule has 0 bridgehead atoms. The van der Waals surface area contributed by atoms with Crippen LogP contribution in [0.2, 0.25) is 0 Å². The second-order valence-electron chi connectivity index (χ2n) is 3.74. The molecule has 2 aromatic rings. The summed E-state index contributed by atoms with van der Waals surface area (Å²) in [7, 11) is 0. The fourth-order valence-corrected chi connectivity index (χ4v) is 1.57. The molecule has 0 aliphatic heterocycles. The van der Waals surface area contributed by atoms with E-state index in [0.717, 1.165) is 0 Å². The van der Waals surface area contributed by atoms with Gasteiger partial charge in [0.15, 0.2) is 5.78 Å². The Balaban J connectivity index is 2.51. The van der Waals surface area contributed by atoms with Gasteiger partial charge in [-0.2, -0.15) is 0 Å². The zero-order chi connectivity index (χ0) is 12.4. The summed E-state index contributed by atoms with van der Waals surface area (Å²) < 4.78 is 1.44. The normalized spacial score (nSPS) is 10.2. The Morgan fingerprint density at radius 1 is 1.18 bits per heavy atom. The molecule has 0 aliphatic carbocycles. The minimum absolute atomic E-state index is 0.00327. The van der Waals surface area contributed by atoms with E-state index in [2.05, 4.69) is 0 Å². The maximum absolute atomic E-state index is 11.8.